The van der Waals surface area contributed by atoms with Gasteiger partial charge in [0.1, 0.15) is 11.5 Å². The minimum absolute atomic E-state index is 0.754. The van der Waals surface area contributed by atoms with E-state index in [0.717, 1.165) is 55.7 Å². The van der Waals surface area contributed by atoms with Crippen molar-refractivity contribution in [1.29, 1.82) is 0 Å². The number of hydrogen-bond acceptors (Lipinski definition) is 3. The van der Waals surface area contributed by atoms with Gasteiger partial charge < -0.3 is 14.8 Å². The molecule has 1 N–H and O–H groups in total. The zero-order chi connectivity index (χ0) is 19.4. The molecule has 152 valence electrons. The van der Waals surface area contributed by atoms with Crippen LogP contribution in [0.2, 0.25) is 0 Å². The molecule has 1 fully saturated rings. The summed E-state index contributed by atoms with van der Waals surface area (Å²) < 4.78 is 11.9. The number of nitrogens with one attached hydrogen (secondary N) is 1. The van der Waals surface area contributed by atoms with Crippen LogP contribution in [0, 0.1) is 5.92 Å². The van der Waals surface area contributed by atoms with Gasteiger partial charge in [0.25, 0.3) is 0 Å². The highest BCUT2D eigenvalue weighted by Crippen LogP contribution is 2.27. The Morgan fingerprint density at radius 2 is 1.68 bits per heavy atom. The van der Waals surface area contributed by atoms with Crippen molar-refractivity contribution in [3.8, 4) is 11.5 Å². The lowest BCUT2D eigenvalue weighted by molar-refractivity contribution is 0.246. The van der Waals surface area contributed by atoms with Gasteiger partial charge in [0.15, 0.2) is 0 Å². The topological polar surface area (TPSA) is 30.5 Å². The molecule has 0 amide bonds. The second-order valence-electron chi connectivity index (χ2n) is 7.83. The first-order valence-corrected chi connectivity index (χ1v) is 11.0. The van der Waals surface area contributed by atoms with Crippen LogP contribution in [0.25, 0.3) is 0 Å². The molecule has 0 spiro atoms. The molecule has 0 heterocycles. The third-order valence-electron chi connectivity index (χ3n) is 5.58. The van der Waals surface area contributed by atoms with Crippen LogP contribution in [0.1, 0.15) is 63.9 Å². The third kappa shape index (κ3) is 6.78. The van der Waals surface area contributed by atoms with Crippen LogP contribution < -0.4 is 14.8 Å². The Morgan fingerprint density at radius 3 is 2.46 bits per heavy atom. The maximum absolute atomic E-state index is 5.95. The zero-order valence-corrected chi connectivity index (χ0v) is 17.3. The van der Waals surface area contributed by atoms with Gasteiger partial charge in [0.05, 0.1) is 13.2 Å². The smallest absolute Gasteiger partial charge is 0.124 e. The summed E-state index contributed by atoms with van der Waals surface area (Å²) in [6.45, 7) is 4.55. The number of para-hydroxylation sites is 1. The highest BCUT2D eigenvalue weighted by molar-refractivity contribution is 5.47. The lowest BCUT2D eigenvalue weighted by Gasteiger charge is -2.21. The van der Waals surface area contributed by atoms with Crippen LogP contribution in [0.5, 0.6) is 11.5 Å². The van der Waals surface area contributed by atoms with Crippen LogP contribution in [-0.2, 0) is 6.54 Å². The molecule has 0 saturated heterocycles. The van der Waals surface area contributed by atoms with E-state index in [1.165, 1.54) is 44.1 Å². The van der Waals surface area contributed by atoms with Gasteiger partial charge in [-0.1, -0.05) is 63.6 Å². The van der Waals surface area contributed by atoms with Gasteiger partial charge in [0.2, 0.25) is 0 Å². The predicted molar refractivity (Wildman–Crippen MR) is 117 cm³/mol. The average Bonchev–Trinajstić information content (AvgIpc) is 2.75. The van der Waals surface area contributed by atoms with E-state index in [-0.39, 0.29) is 0 Å². The molecule has 28 heavy (non-hydrogen) atoms. The molecule has 0 bridgehead atoms. The molecular formula is C25H35NO2. The van der Waals surface area contributed by atoms with Crippen molar-refractivity contribution < 1.29 is 9.47 Å². The maximum atomic E-state index is 5.95. The molecule has 2 aromatic carbocycles. The van der Waals surface area contributed by atoms with E-state index in [1.807, 2.05) is 6.07 Å². The predicted octanol–water partition coefficient (Wildman–Crippen LogP) is 6.83. The summed E-state index contributed by atoms with van der Waals surface area (Å²) in [6, 6.07) is 16.6. The number of unbranched alkanes of at least 4 members (excludes halogenated alkanes) is 1. The molecular weight excluding hydrogens is 346 g/mol. The number of benzene rings is 2. The van der Waals surface area contributed by atoms with Crippen molar-refractivity contribution in [2.24, 2.45) is 5.92 Å². The molecule has 1 aliphatic rings. The summed E-state index contributed by atoms with van der Waals surface area (Å²) >= 11 is 0. The lowest BCUT2D eigenvalue weighted by Crippen LogP contribution is -2.10. The minimum Gasteiger partial charge on any atom is -0.494 e. The van der Waals surface area contributed by atoms with E-state index in [9.17, 15) is 0 Å². The van der Waals surface area contributed by atoms with Crippen LogP contribution in [0.3, 0.4) is 0 Å². The van der Waals surface area contributed by atoms with Crippen molar-refractivity contribution in [3.05, 3.63) is 54.1 Å². The third-order valence-corrected chi connectivity index (χ3v) is 5.58. The molecule has 0 atom stereocenters. The van der Waals surface area contributed by atoms with E-state index in [0.29, 0.717) is 0 Å². The highest BCUT2D eigenvalue weighted by Gasteiger charge is 2.13. The summed E-state index contributed by atoms with van der Waals surface area (Å²) in [5.41, 5.74) is 2.29. The quantitative estimate of drug-likeness (QED) is 0.433. The number of rotatable bonds is 11. The van der Waals surface area contributed by atoms with Gasteiger partial charge in [-0.15, -0.1) is 0 Å². The molecule has 0 aliphatic heterocycles. The SMILES string of the molecule is CCCCOc1ccccc1CNc1ccc(OCCC2CCCCC2)cc1. The van der Waals surface area contributed by atoms with E-state index in [1.54, 1.807) is 0 Å². The molecule has 1 saturated carbocycles. The van der Waals surface area contributed by atoms with E-state index in [2.05, 4.69) is 54.7 Å². The van der Waals surface area contributed by atoms with E-state index >= 15 is 0 Å². The Bertz CT molecular complexity index is 677. The number of hydrogen-bond donors (Lipinski definition) is 1. The van der Waals surface area contributed by atoms with Crippen LogP contribution in [-0.4, -0.2) is 13.2 Å². The normalized spacial score (nSPS) is 14.6. The van der Waals surface area contributed by atoms with Crippen molar-refractivity contribution in [2.75, 3.05) is 18.5 Å². The Kier molecular flexibility index (Phi) is 8.54. The van der Waals surface area contributed by atoms with Gasteiger partial charge >= 0.3 is 0 Å². The summed E-state index contributed by atoms with van der Waals surface area (Å²) in [5, 5.41) is 3.49. The van der Waals surface area contributed by atoms with Gasteiger partial charge in [-0.3, -0.25) is 0 Å². The Balaban J connectivity index is 1.43. The molecule has 0 unspecified atom stereocenters. The fourth-order valence-corrected chi connectivity index (χ4v) is 3.80. The highest BCUT2D eigenvalue weighted by atomic mass is 16.5. The van der Waals surface area contributed by atoms with Crippen molar-refractivity contribution in [3.63, 3.8) is 0 Å². The van der Waals surface area contributed by atoms with Gasteiger partial charge in [-0.2, -0.15) is 0 Å². The average molecular weight is 382 g/mol. The fraction of sp³-hybridized carbons (Fsp3) is 0.520. The molecule has 1 aliphatic carbocycles. The molecule has 0 aromatic heterocycles. The standard InChI is InChI=1S/C25H35NO2/c1-2-3-18-28-25-12-8-7-11-22(25)20-26-23-13-15-24(16-14-23)27-19-17-21-9-5-4-6-10-21/h7-8,11-16,21,26H,2-6,9-10,17-20H2,1H3. The van der Waals surface area contributed by atoms with Crippen LogP contribution >= 0.6 is 0 Å². The monoisotopic (exact) mass is 381 g/mol. The molecule has 3 heteroatoms. The van der Waals surface area contributed by atoms with E-state index < -0.39 is 0 Å². The second-order valence-corrected chi connectivity index (χ2v) is 7.83. The number of ether oxygens (including phenoxy) is 2. The van der Waals surface area contributed by atoms with E-state index in [4.69, 9.17) is 9.47 Å². The molecule has 0 radical (unpaired) electrons. The summed E-state index contributed by atoms with van der Waals surface area (Å²) in [4.78, 5) is 0. The Morgan fingerprint density at radius 1 is 0.893 bits per heavy atom. The molecule has 3 nitrogen and oxygen atoms in total. The Labute approximate surface area is 170 Å². The Hall–Kier alpha value is -2.16. The van der Waals surface area contributed by atoms with Gasteiger partial charge in [-0.05, 0) is 49.1 Å². The maximum Gasteiger partial charge on any atom is 0.124 e. The summed E-state index contributed by atoms with van der Waals surface area (Å²) in [7, 11) is 0. The largest absolute Gasteiger partial charge is 0.494 e. The first-order chi connectivity index (χ1) is 13.8. The van der Waals surface area contributed by atoms with Gasteiger partial charge in [0, 0.05) is 17.8 Å². The van der Waals surface area contributed by atoms with Crippen molar-refractivity contribution in [2.45, 2.75) is 64.8 Å². The number of anilines is 1. The molecule has 3 rings (SSSR count). The minimum atomic E-state index is 0.754. The van der Waals surface area contributed by atoms with Crippen LogP contribution in [0.4, 0.5) is 5.69 Å². The summed E-state index contributed by atoms with van der Waals surface area (Å²) in [5.74, 6) is 2.81. The van der Waals surface area contributed by atoms with Crippen LogP contribution in [0.15, 0.2) is 48.5 Å². The van der Waals surface area contributed by atoms with Crippen molar-refractivity contribution in [1.82, 2.24) is 0 Å². The first-order valence-electron chi connectivity index (χ1n) is 11.0. The molecule has 2 aromatic rings. The van der Waals surface area contributed by atoms with Gasteiger partial charge in [-0.25, -0.2) is 0 Å². The van der Waals surface area contributed by atoms with Crippen molar-refractivity contribution >= 4 is 5.69 Å². The fourth-order valence-electron chi connectivity index (χ4n) is 3.80. The summed E-state index contributed by atoms with van der Waals surface area (Å²) in [6.07, 6.45) is 10.4. The zero-order valence-electron chi connectivity index (χ0n) is 17.3. The second kappa shape index (κ2) is 11.6. The first kappa shape index (κ1) is 20.6. The lowest BCUT2D eigenvalue weighted by atomic mass is 9.87.